The quantitative estimate of drug-likeness (QED) is 0.598. The summed E-state index contributed by atoms with van der Waals surface area (Å²) < 4.78 is 81.5. The molecule has 1 aromatic carbocycles. The van der Waals surface area contributed by atoms with Crippen molar-refractivity contribution in [2.75, 3.05) is 0 Å². The number of halogens is 8. The van der Waals surface area contributed by atoms with Crippen LogP contribution in [0.15, 0.2) is 28.3 Å². The van der Waals surface area contributed by atoms with E-state index in [-0.39, 0.29) is 6.07 Å². The number of hydrogen-bond donors (Lipinski definition) is 1. The average molecular weight is 395 g/mol. The molecular formula is C13H6Cl2F6O3. The third-order valence-corrected chi connectivity index (χ3v) is 4.02. The van der Waals surface area contributed by atoms with E-state index in [2.05, 4.69) is 4.74 Å². The molecule has 1 N–H and O–H groups in total. The SMILES string of the molecule is O=C1OC(C(O)c2ccc(C(F)(F)F)cc2C(F)(F)F)C(Cl)=C1Cl. The molecule has 0 aromatic heterocycles. The molecule has 0 fully saturated rings. The molecule has 1 aliphatic rings. The first kappa shape index (κ1) is 18.9. The van der Waals surface area contributed by atoms with Gasteiger partial charge in [-0.05, 0) is 17.7 Å². The Morgan fingerprint density at radius 3 is 2.08 bits per heavy atom. The summed E-state index contributed by atoms with van der Waals surface area (Å²) in [5.41, 5.74) is -4.21. The summed E-state index contributed by atoms with van der Waals surface area (Å²) in [6.07, 6.45) is -14.1. The lowest BCUT2D eigenvalue weighted by Gasteiger charge is -2.23. The summed E-state index contributed by atoms with van der Waals surface area (Å²) in [7, 11) is 0. The van der Waals surface area contributed by atoms with Crippen molar-refractivity contribution in [1.82, 2.24) is 0 Å². The summed E-state index contributed by atoms with van der Waals surface area (Å²) in [5, 5.41) is 8.86. The van der Waals surface area contributed by atoms with Crippen molar-refractivity contribution in [3.63, 3.8) is 0 Å². The predicted octanol–water partition coefficient (Wildman–Crippen LogP) is 4.37. The van der Waals surface area contributed by atoms with Crippen LogP contribution in [0, 0.1) is 0 Å². The fourth-order valence-electron chi connectivity index (χ4n) is 2.04. The number of ether oxygens (including phenoxy) is 1. The highest BCUT2D eigenvalue weighted by Gasteiger charge is 2.43. The smallest absolute Gasteiger partial charge is 0.416 e. The molecule has 2 rings (SSSR count). The van der Waals surface area contributed by atoms with Crippen molar-refractivity contribution in [1.29, 1.82) is 0 Å². The number of aliphatic hydroxyl groups excluding tert-OH is 1. The van der Waals surface area contributed by atoms with E-state index in [9.17, 15) is 36.2 Å². The van der Waals surface area contributed by atoms with E-state index < -0.39 is 57.3 Å². The summed E-state index contributed by atoms with van der Waals surface area (Å²) in [4.78, 5) is 11.2. The molecule has 0 spiro atoms. The number of carbonyl (C=O) groups is 1. The zero-order chi connectivity index (χ0) is 18.4. The molecule has 3 nitrogen and oxygen atoms in total. The van der Waals surface area contributed by atoms with Crippen LogP contribution in [-0.4, -0.2) is 17.2 Å². The van der Waals surface area contributed by atoms with E-state index in [1.807, 2.05) is 0 Å². The van der Waals surface area contributed by atoms with E-state index in [4.69, 9.17) is 23.2 Å². The van der Waals surface area contributed by atoms with Crippen molar-refractivity contribution >= 4 is 29.2 Å². The van der Waals surface area contributed by atoms with Crippen LogP contribution >= 0.6 is 23.2 Å². The highest BCUT2D eigenvalue weighted by atomic mass is 35.5. The minimum Gasteiger partial charge on any atom is -0.449 e. The van der Waals surface area contributed by atoms with Gasteiger partial charge in [-0.2, -0.15) is 26.3 Å². The number of esters is 1. The Morgan fingerprint density at radius 1 is 1.08 bits per heavy atom. The first-order chi connectivity index (χ1) is 10.8. The summed E-state index contributed by atoms with van der Waals surface area (Å²) in [5.74, 6) is -1.16. The number of benzene rings is 1. The first-order valence-corrected chi connectivity index (χ1v) is 6.82. The number of cyclic esters (lactones) is 1. The Bertz CT molecular complexity index is 711. The highest BCUT2D eigenvalue weighted by Crippen LogP contribution is 2.43. The standard InChI is InChI=1S/C13H6Cl2F6O3/c14-7-8(15)11(23)24-10(7)9(22)5-2-1-4(12(16,17)18)3-6(5)13(19,20)21/h1-3,9-10,22H. The van der Waals surface area contributed by atoms with Crippen molar-refractivity contribution in [3.8, 4) is 0 Å². The van der Waals surface area contributed by atoms with Crippen LogP contribution in [0.4, 0.5) is 26.3 Å². The maximum Gasteiger partial charge on any atom is 0.416 e. The minimum absolute atomic E-state index is 0.144. The van der Waals surface area contributed by atoms with Crippen molar-refractivity contribution in [3.05, 3.63) is 45.0 Å². The lowest BCUT2D eigenvalue weighted by atomic mass is 9.96. The highest BCUT2D eigenvalue weighted by molar-refractivity contribution is 6.48. The van der Waals surface area contributed by atoms with Crippen LogP contribution in [0.1, 0.15) is 22.8 Å². The molecule has 1 aromatic rings. The third kappa shape index (κ3) is 3.47. The van der Waals surface area contributed by atoms with Crippen LogP contribution in [0.25, 0.3) is 0 Å². The minimum atomic E-state index is -5.19. The molecule has 1 aliphatic heterocycles. The van der Waals surface area contributed by atoms with Gasteiger partial charge < -0.3 is 9.84 Å². The van der Waals surface area contributed by atoms with Gasteiger partial charge in [-0.15, -0.1) is 0 Å². The Morgan fingerprint density at radius 2 is 1.67 bits per heavy atom. The molecule has 2 unspecified atom stereocenters. The maximum atomic E-state index is 13.1. The van der Waals surface area contributed by atoms with E-state index in [0.29, 0.717) is 12.1 Å². The fourth-order valence-corrected chi connectivity index (χ4v) is 2.44. The zero-order valence-corrected chi connectivity index (χ0v) is 12.7. The number of alkyl halides is 6. The summed E-state index contributed by atoms with van der Waals surface area (Å²) in [6.45, 7) is 0. The number of aliphatic hydroxyl groups is 1. The lowest BCUT2D eigenvalue weighted by molar-refractivity contribution is -0.146. The van der Waals surface area contributed by atoms with Crippen LogP contribution in [0.2, 0.25) is 0 Å². The molecule has 1 heterocycles. The molecule has 24 heavy (non-hydrogen) atoms. The molecule has 0 amide bonds. The van der Waals surface area contributed by atoms with Gasteiger partial charge in [0.2, 0.25) is 0 Å². The van der Waals surface area contributed by atoms with Gasteiger partial charge in [0.05, 0.1) is 16.2 Å². The largest absolute Gasteiger partial charge is 0.449 e. The average Bonchev–Trinajstić information content (AvgIpc) is 2.71. The third-order valence-electron chi connectivity index (χ3n) is 3.16. The van der Waals surface area contributed by atoms with Crippen molar-refractivity contribution in [2.24, 2.45) is 0 Å². The van der Waals surface area contributed by atoms with E-state index in [1.165, 1.54) is 0 Å². The number of hydrogen-bond acceptors (Lipinski definition) is 3. The second-order valence-electron chi connectivity index (χ2n) is 4.73. The van der Waals surface area contributed by atoms with E-state index in [1.54, 1.807) is 0 Å². The number of carbonyl (C=O) groups excluding carboxylic acids is 1. The Kier molecular flexibility index (Phi) is 4.82. The maximum absolute atomic E-state index is 13.1. The first-order valence-electron chi connectivity index (χ1n) is 6.06. The monoisotopic (exact) mass is 394 g/mol. The summed E-state index contributed by atoms with van der Waals surface area (Å²) in [6, 6.07) is 0.666. The molecule has 0 aliphatic carbocycles. The lowest BCUT2D eigenvalue weighted by Crippen LogP contribution is -2.24. The Balaban J connectivity index is 2.52. The molecule has 0 bridgehead atoms. The molecule has 2 atom stereocenters. The van der Waals surface area contributed by atoms with Crippen LogP contribution < -0.4 is 0 Å². The van der Waals surface area contributed by atoms with Crippen LogP contribution in [-0.2, 0) is 21.9 Å². The molecule has 0 saturated carbocycles. The van der Waals surface area contributed by atoms with E-state index >= 15 is 0 Å². The zero-order valence-electron chi connectivity index (χ0n) is 11.2. The van der Waals surface area contributed by atoms with Gasteiger partial charge in [-0.25, -0.2) is 4.79 Å². The number of rotatable bonds is 2. The molecule has 0 saturated heterocycles. The van der Waals surface area contributed by atoms with Gasteiger partial charge in [0, 0.05) is 0 Å². The molecule has 0 radical (unpaired) electrons. The molecule has 132 valence electrons. The van der Waals surface area contributed by atoms with Crippen LogP contribution in [0.5, 0.6) is 0 Å². The van der Waals surface area contributed by atoms with E-state index in [0.717, 1.165) is 0 Å². The second kappa shape index (κ2) is 6.12. The van der Waals surface area contributed by atoms with Gasteiger partial charge in [0.1, 0.15) is 11.1 Å². The van der Waals surface area contributed by atoms with Crippen molar-refractivity contribution < 1.29 is 41.0 Å². The normalized spacial score (nSPS) is 20.4. The molecule has 11 heteroatoms. The van der Waals surface area contributed by atoms with Gasteiger partial charge in [0.25, 0.3) is 0 Å². The van der Waals surface area contributed by atoms with Gasteiger partial charge in [-0.1, -0.05) is 29.3 Å². The van der Waals surface area contributed by atoms with Crippen molar-refractivity contribution in [2.45, 2.75) is 24.6 Å². The van der Waals surface area contributed by atoms with Crippen LogP contribution in [0.3, 0.4) is 0 Å². The van der Waals surface area contributed by atoms with Gasteiger partial charge in [-0.3, -0.25) is 0 Å². The van der Waals surface area contributed by atoms with Gasteiger partial charge >= 0.3 is 18.3 Å². The molecular weight excluding hydrogens is 389 g/mol. The Hall–Kier alpha value is -1.45. The fraction of sp³-hybridized carbons (Fsp3) is 0.308. The Labute approximate surface area is 140 Å². The summed E-state index contributed by atoms with van der Waals surface area (Å²) >= 11 is 11.1. The second-order valence-corrected chi connectivity index (χ2v) is 5.52. The predicted molar refractivity (Wildman–Crippen MR) is 70.0 cm³/mol. The van der Waals surface area contributed by atoms with Gasteiger partial charge in [0.15, 0.2) is 6.10 Å². The topological polar surface area (TPSA) is 46.5 Å².